The first-order chi connectivity index (χ1) is 8.81. The van der Waals surface area contributed by atoms with E-state index in [0.717, 1.165) is 29.6 Å². The van der Waals surface area contributed by atoms with Crippen molar-refractivity contribution in [3.63, 3.8) is 0 Å². The second-order valence-corrected chi connectivity index (χ2v) is 4.17. The van der Waals surface area contributed by atoms with E-state index in [9.17, 15) is 4.79 Å². The summed E-state index contributed by atoms with van der Waals surface area (Å²) >= 11 is 0. The minimum Gasteiger partial charge on any atom is -0.355 e. The fraction of sp³-hybridized carbons (Fsp3) is 0.385. The highest BCUT2D eigenvalue weighted by Crippen LogP contribution is 2.14. The van der Waals surface area contributed by atoms with Crippen LogP contribution in [0.15, 0.2) is 24.5 Å². The molecule has 5 nitrogen and oxygen atoms in total. The average molecular weight is 246 g/mol. The highest BCUT2D eigenvalue weighted by molar-refractivity contribution is 5.80. The largest absolute Gasteiger partial charge is 0.355 e. The third-order valence-electron chi connectivity index (χ3n) is 2.71. The Morgan fingerprint density at radius 2 is 2.39 bits per heavy atom. The smallest absolute Gasteiger partial charge is 0.233 e. The number of hydrogen-bond acceptors (Lipinski definition) is 3. The molecule has 0 saturated carbocycles. The molecule has 0 radical (unpaired) electrons. The van der Waals surface area contributed by atoms with E-state index in [4.69, 9.17) is 0 Å². The molecule has 0 aliphatic rings. The molecule has 3 N–H and O–H groups in total. The molecule has 2 aromatic rings. The SMILES string of the molecule is CCCNC(=O)CNCc1c[nH]c2ncccc12. The zero-order valence-electron chi connectivity index (χ0n) is 10.5. The third kappa shape index (κ3) is 3.07. The summed E-state index contributed by atoms with van der Waals surface area (Å²) in [7, 11) is 0. The number of rotatable bonds is 6. The summed E-state index contributed by atoms with van der Waals surface area (Å²) in [6.07, 6.45) is 4.64. The van der Waals surface area contributed by atoms with Crippen LogP contribution in [0.4, 0.5) is 0 Å². The summed E-state index contributed by atoms with van der Waals surface area (Å²) in [6, 6.07) is 3.93. The van der Waals surface area contributed by atoms with Gasteiger partial charge in [0.1, 0.15) is 5.65 Å². The molecule has 0 unspecified atom stereocenters. The maximum Gasteiger partial charge on any atom is 0.233 e. The Kier molecular flexibility index (Phi) is 4.30. The van der Waals surface area contributed by atoms with Crippen LogP contribution in [-0.2, 0) is 11.3 Å². The van der Waals surface area contributed by atoms with Crippen molar-refractivity contribution < 1.29 is 4.79 Å². The monoisotopic (exact) mass is 246 g/mol. The molecule has 2 heterocycles. The topological polar surface area (TPSA) is 69.8 Å². The van der Waals surface area contributed by atoms with Gasteiger partial charge in [0.25, 0.3) is 0 Å². The van der Waals surface area contributed by atoms with Gasteiger partial charge in [0.05, 0.1) is 6.54 Å². The van der Waals surface area contributed by atoms with E-state index in [0.29, 0.717) is 13.1 Å². The van der Waals surface area contributed by atoms with Gasteiger partial charge in [0.2, 0.25) is 5.91 Å². The molecule has 0 aliphatic carbocycles. The predicted octanol–water partition coefficient (Wildman–Crippen LogP) is 1.18. The summed E-state index contributed by atoms with van der Waals surface area (Å²) < 4.78 is 0. The number of hydrogen-bond donors (Lipinski definition) is 3. The minimum atomic E-state index is 0.0369. The van der Waals surface area contributed by atoms with Crippen molar-refractivity contribution in [2.75, 3.05) is 13.1 Å². The minimum absolute atomic E-state index is 0.0369. The van der Waals surface area contributed by atoms with Crippen molar-refractivity contribution in [2.24, 2.45) is 0 Å². The van der Waals surface area contributed by atoms with Crippen LogP contribution in [0.3, 0.4) is 0 Å². The second kappa shape index (κ2) is 6.16. The fourth-order valence-electron chi connectivity index (χ4n) is 1.80. The normalized spacial score (nSPS) is 10.7. The first-order valence-electron chi connectivity index (χ1n) is 6.19. The molecule has 0 spiro atoms. The van der Waals surface area contributed by atoms with Gasteiger partial charge in [-0.3, -0.25) is 4.79 Å². The number of aromatic nitrogens is 2. The Morgan fingerprint density at radius 3 is 3.22 bits per heavy atom. The molecule has 2 rings (SSSR count). The van der Waals surface area contributed by atoms with Crippen molar-refractivity contribution in [3.8, 4) is 0 Å². The zero-order valence-corrected chi connectivity index (χ0v) is 10.5. The van der Waals surface area contributed by atoms with Crippen LogP contribution in [0.25, 0.3) is 11.0 Å². The number of fused-ring (bicyclic) bond motifs is 1. The lowest BCUT2D eigenvalue weighted by Gasteiger charge is -2.04. The molecule has 0 aromatic carbocycles. The van der Waals surface area contributed by atoms with E-state index in [-0.39, 0.29) is 5.91 Å². The summed E-state index contributed by atoms with van der Waals surface area (Å²) in [4.78, 5) is 18.7. The van der Waals surface area contributed by atoms with E-state index in [1.807, 2.05) is 25.3 Å². The van der Waals surface area contributed by atoms with Gasteiger partial charge in [0, 0.05) is 30.9 Å². The van der Waals surface area contributed by atoms with E-state index >= 15 is 0 Å². The van der Waals surface area contributed by atoms with E-state index in [1.165, 1.54) is 0 Å². The molecule has 0 saturated heterocycles. The van der Waals surface area contributed by atoms with Crippen LogP contribution >= 0.6 is 0 Å². The molecular weight excluding hydrogens is 228 g/mol. The Morgan fingerprint density at radius 1 is 1.50 bits per heavy atom. The van der Waals surface area contributed by atoms with Crippen molar-refractivity contribution in [2.45, 2.75) is 19.9 Å². The van der Waals surface area contributed by atoms with Gasteiger partial charge >= 0.3 is 0 Å². The summed E-state index contributed by atoms with van der Waals surface area (Å²) in [6.45, 7) is 3.77. The van der Waals surface area contributed by atoms with Crippen LogP contribution in [-0.4, -0.2) is 29.0 Å². The van der Waals surface area contributed by atoms with Gasteiger partial charge in [-0.2, -0.15) is 0 Å². The lowest BCUT2D eigenvalue weighted by atomic mass is 10.2. The lowest BCUT2D eigenvalue weighted by molar-refractivity contribution is -0.120. The number of nitrogens with zero attached hydrogens (tertiary/aromatic N) is 1. The maximum absolute atomic E-state index is 11.4. The van der Waals surface area contributed by atoms with Crippen LogP contribution in [0.1, 0.15) is 18.9 Å². The summed E-state index contributed by atoms with van der Waals surface area (Å²) in [5.41, 5.74) is 2.01. The Balaban J connectivity index is 1.85. The first-order valence-corrected chi connectivity index (χ1v) is 6.19. The molecule has 5 heteroatoms. The van der Waals surface area contributed by atoms with E-state index < -0.39 is 0 Å². The number of aromatic amines is 1. The standard InChI is InChI=1S/C13H18N4O/c1-2-5-15-12(18)9-14-7-10-8-17-13-11(10)4-3-6-16-13/h3-4,6,8,14H,2,5,7,9H2,1H3,(H,15,18)(H,16,17). The fourth-order valence-corrected chi connectivity index (χ4v) is 1.80. The molecule has 2 aromatic heterocycles. The van der Waals surface area contributed by atoms with Crippen molar-refractivity contribution >= 4 is 16.9 Å². The molecular formula is C13H18N4O. The number of H-pyrrole nitrogens is 1. The van der Waals surface area contributed by atoms with Crippen LogP contribution in [0.2, 0.25) is 0 Å². The summed E-state index contributed by atoms with van der Waals surface area (Å²) in [5.74, 6) is 0.0369. The predicted molar refractivity (Wildman–Crippen MR) is 71.1 cm³/mol. The Bertz CT molecular complexity index is 520. The maximum atomic E-state index is 11.4. The van der Waals surface area contributed by atoms with Crippen molar-refractivity contribution in [3.05, 3.63) is 30.1 Å². The van der Waals surface area contributed by atoms with Gasteiger partial charge in [-0.15, -0.1) is 0 Å². The number of pyridine rings is 1. The molecule has 1 amide bonds. The highest BCUT2D eigenvalue weighted by atomic mass is 16.1. The third-order valence-corrected chi connectivity index (χ3v) is 2.71. The average Bonchev–Trinajstić information content (AvgIpc) is 2.80. The van der Waals surface area contributed by atoms with Crippen LogP contribution < -0.4 is 10.6 Å². The number of carbonyl (C=O) groups excluding carboxylic acids is 1. The van der Waals surface area contributed by atoms with Crippen LogP contribution in [0.5, 0.6) is 0 Å². The number of amides is 1. The quantitative estimate of drug-likeness (QED) is 0.717. The first kappa shape index (κ1) is 12.6. The molecule has 0 atom stereocenters. The lowest BCUT2D eigenvalue weighted by Crippen LogP contribution is -2.33. The van der Waals surface area contributed by atoms with E-state index in [2.05, 4.69) is 20.6 Å². The molecule has 96 valence electrons. The van der Waals surface area contributed by atoms with Gasteiger partial charge in [0.15, 0.2) is 0 Å². The van der Waals surface area contributed by atoms with Crippen molar-refractivity contribution in [1.82, 2.24) is 20.6 Å². The van der Waals surface area contributed by atoms with E-state index in [1.54, 1.807) is 6.20 Å². The molecule has 0 bridgehead atoms. The molecule has 0 aliphatic heterocycles. The highest BCUT2D eigenvalue weighted by Gasteiger charge is 2.04. The van der Waals surface area contributed by atoms with Crippen molar-refractivity contribution in [1.29, 1.82) is 0 Å². The Hall–Kier alpha value is -1.88. The molecule has 0 fully saturated rings. The number of nitrogens with one attached hydrogen (secondary N) is 3. The van der Waals surface area contributed by atoms with Gasteiger partial charge < -0.3 is 15.6 Å². The second-order valence-electron chi connectivity index (χ2n) is 4.17. The molecule has 18 heavy (non-hydrogen) atoms. The summed E-state index contributed by atoms with van der Waals surface area (Å²) in [5, 5.41) is 7.05. The number of carbonyl (C=O) groups is 1. The van der Waals surface area contributed by atoms with Gasteiger partial charge in [-0.05, 0) is 24.1 Å². The van der Waals surface area contributed by atoms with Gasteiger partial charge in [-0.1, -0.05) is 6.92 Å². The Labute approximate surface area is 106 Å². The van der Waals surface area contributed by atoms with Gasteiger partial charge in [-0.25, -0.2) is 4.98 Å². The zero-order chi connectivity index (χ0) is 12.8. The van der Waals surface area contributed by atoms with Crippen LogP contribution in [0, 0.1) is 0 Å².